The molecule has 1 amide bonds. The Labute approximate surface area is 126 Å². The van der Waals surface area contributed by atoms with E-state index in [4.69, 9.17) is 22.1 Å². The van der Waals surface area contributed by atoms with Crippen LogP contribution in [0.25, 0.3) is 0 Å². The fourth-order valence-corrected chi connectivity index (χ4v) is 1.96. The molecular weight excluding hydrogens is 295 g/mol. The van der Waals surface area contributed by atoms with Gasteiger partial charge in [-0.2, -0.15) is 0 Å². The molecule has 0 radical (unpaired) electrons. The Morgan fingerprint density at radius 3 is 2.76 bits per heavy atom. The van der Waals surface area contributed by atoms with E-state index in [-0.39, 0.29) is 12.4 Å². The van der Waals surface area contributed by atoms with E-state index in [9.17, 15) is 9.18 Å². The van der Waals surface area contributed by atoms with Gasteiger partial charge in [-0.1, -0.05) is 23.7 Å². The first-order valence-corrected chi connectivity index (χ1v) is 6.66. The summed E-state index contributed by atoms with van der Waals surface area (Å²) in [5.41, 5.74) is 6.14. The molecule has 3 N–H and O–H groups in total. The Morgan fingerprint density at radius 1 is 1.29 bits per heavy atom. The number of nitrogens with one attached hydrogen (secondary N) is 1. The number of anilines is 1. The second-order valence-electron chi connectivity index (χ2n) is 4.26. The first-order chi connectivity index (χ1) is 10.1. The van der Waals surface area contributed by atoms with Gasteiger partial charge in [0.25, 0.3) is 5.91 Å². The highest BCUT2D eigenvalue weighted by Crippen LogP contribution is 2.20. The van der Waals surface area contributed by atoms with E-state index < -0.39 is 11.7 Å². The zero-order valence-corrected chi connectivity index (χ0v) is 11.9. The lowest BCUT2D eigenvalue weighted by atomic mass is 10.1. The highest BCUT2D eigenvalue weighted by molar-refractivity contribution is 6.31. The molecule has 0 aliphatic heterocycles. The van der Waals surface area contributed by atoms with Gasteiger partial charge >= 0.3 is 0 Å². The van der Waals surface area contributed by atoms with Crippen LogP contribution in [-0.2, 0) is 0 Å². The van der Waals surface area contributed by atoms with E-state index in [0.717, 1.165) is 0 Å². The number of hydrogen-bond acceptors (Lipinski definition) is 3. The van der Waals surface area contributed by atoms with Crippen molar-refractivity contribution in [2.24, 2.45) is 5.73 Å². The summed E-state index contributed by atoms with van der Waals surface area (Å²) in [6.07, 6.45) is 0. The summed E-state index contributed by atoms with van der Waals surface area (Å²) in [6.45, 7) is 0.623. The number of carbonyl (C=O) groups excluding carboxylic acids is 1. The molecule has 0 spiro atoms. The number of halogens is 2. The Kier molecular flexibility index (Phi) is 5.00. The molecule has 110 valence electrons. The van der Waals surface area contributed by atoms with E-state index in [1.54, 1.807) is 30.3 Å². The highest BCUT2D eigenvalue weighted by atomic mass is 35.5. The van der Waals surface area contributed by atoms with Crippen molar-refractivity contribution in [1.82, 2.24) is 0 Å². The minimum Gasteiger partial charge on any atom is -0.489 e. The molecule has 0 fully saturated rings. The van der Waals surface area contributed by atoms with Crippen LogP contribution in [0.4, 0.5) is 10.1 Å². The van der Waals surface area contributed by atoms with Gasteiger partial charge in [-0.15, -0.1) is 0 Å². The largest absolute Gasteiger partial charge is 0.489 e. The van der Waals surface area contributed by atoms with E-state index in [1.807, 2.05) is 0 Å². The Hall–Kier alpha value is -2.27. The first kappa shape index (κ1) is 15.1. The van der Waals surface area contributed by atoms with Gasteiger partial charge in [-0.05, 0) is 30.3 Å². The van der Waals surface area contributed by atoms with Crippen LogP contribution in [0.2, 0.25) is 5.02 Å². The maximum atomic E-state index is 13.3. The lowest BCUT2D eigenvalue weighted by Gasteiger charge is -2.11. The predicted octanol–water partition coefficient (Wildman–Crippen LogP) is 3.07. The summed E-state index contributed by atoms with van der Waals surface area (Å²) >= 11 is 5.82. The van der Waals surface area contributed by atoms with Crippen LogP contribution in [0.5, 0.6) is 5.75 Å². The molecule has 0 saturated heterocycles. The molecule has 0 bridgehead atoms. The van der Waals surface area contributed by atoms with Crippen molar-refractivity contribution in [3.8, 4) is 5.75 Å². The van der Waals surface area contributed by atoms with E-state index in [2.05, 4.69) is 5.32 Å². The number of primary amides is 1. The molecule has 0 aliphatic carbocycles. The van der Waals surface area contributed by atoms with Crippen molar-refractivity contribution in [2.45, 2.75) is 0 Å². The minimum atomic E-state index is -0.574. The monoisotopic (exact) mass is 308 g/mol. The zero-order chi connectivity index (χ0) is 15.2. The van der Waals surface area contributed by atoms with Crippen LogP contribution < -0.4 is 15.8 Å². The van der Waals surface area contributed by atoms with Gasteiger partial charge in [0.15, 0.2) is 11.6 Å². The minimum absolute atomic E-state index is 0.186. The summed E-state index contributed by atoms with van der Waals surface area (Å²) in [4.78, 5) is 11.3. The van der Waals surface area contributed by atoms with Crippen LogP contribution in [0, 0.1) is 5.82 Å². The molecule has 2 aromatic rings. The number of carbonyl (C=O) groups is 1. The van der Waals surface area contributed by atoms with Gasteiger partial charge < -0.3 is 15.8 Å². The number of para-hydroxylation sites is 1. The van der Waals surface area contributed by atoms with Crippen molar-refractivity contribution < 1.29 is 13.9 Å². The normalized spacial score (nSPS) is 10.2. The van der Waals surface area contributed by atoms with E-state index in [0.29, 0.717) is 22.8 Å². The number of benzene rings is 2. The van der Waals surface area contributed by atoms with Crippen LogP contribution in [0.3, 0.4) is 0 Å². The van der Waals surface area contributed by atoms with Crippen LogP contribution in [-0.4, -0.2) is 19.1 Å². The Bertz CT molecular complexity index is 649. The number of nitrogens with two attached hydrogens (primary N) is 1. The average Bonchev–Trinajstić information content (AvgIpc) is 2.46. The zero-order valence-electron chi connectivity index (χ0n) is 11.1. The molecule has 2 rings (SSSR count). The first-order valence-electron chi connectivity index (χ1n) is 6.28. The highest BCUT2D eigenvalue weighted by Gasteiger charge is 2.08. The maximum Gasteiger partial charge on any atom is 0.250 e. The van der Waals surface area contributed by atoms with Crippen molar-refractivity contribution in [2.75, 3.05) is 18.5 Å². The SMILES string of the molecule is NC(=O)c1cc(Cl)ccc1NCCOc1ccccc1F. The van der Waals surface area contributed by atoms with Gasteiger partial charge in [0.2, 0.25) is 0 Å². The Balaban J connectivity index is 1.92. The van der Waals surface area contributed by atoms with Crippen molar-refractivity contribution in [3.63, 3.8) is 0 Å². The van der Waals surface area contributed by atoms with Gasteiger partial charge in [0, 0.05) is 17.3 Å². The molecule has 0 aromatic heterocycles. The number of ether oxygens (including phenoxy) is 1. The van der Waals surface area contributed by atoms with E-state index in [1.165, 1.54) is 12.1 Å². The number of amides is 1. The number of hydrogen-bond donors (Lipinski definition) is 2. The third-order valence-corrected chi connectivity index (χ3v) is 2.99. The van der Waals surface area contributed by atoms with Crippen molar-refractivity contribution in [3.05, 3.63) is 58.9 Å². The fourth-order valence-electron chi connectivity index (χ4n) is 1.78. The van der Waals surface area contributed by atoms with Gasteiger partial charge in [-0.25, -0.2) is 4.39 Å². The van der Waals surface area contributed by atoms with Crippen LogP contribution in [0.1, 0.15) is 10.4 Å². The lowest BCUT2D eigenvalue weighted by Crippen LogP contribution is -2.17. The Morgan fingerprint density at radius 2 is 2.05 bits per heavy atom. The summed E-state index contributed by atoms with van der Waals surface area (Å²) < 4.78 is 18.6. The molecule has 6 heteroatoms. The van der Waals surface area contributed by atoms with Gasteiger partial charge in [-0.3, -0.25) is 4.79 Å². The standard InChI is InChI=1S/C15H14ClFN2O2/c16-10-5-6-13(11(9-10)15(18)20)19-7-8-21-14-4-2-1-3-12(14)17/h1-6,9,19H,7-8H2,(H2,18,20). The molecule has 0 heterocycles. The topological polar surface area (TPSA) is 64.4 Å². The predicted molar refractivity (Wildman–Crippen MR) is 80.4 cm³/mol. The molecule has 0 saturated carbocycles. The summed E-state index contributed by atoms with van der Waals surface area (Å²) in [6, 6.07) is 11.0. The quantitative estimate of drug-likeness (QED) is 0.806. The third-order valence-electron chi connectivity index (χ3n) is 2.76. The third kappa shape index (κ3) is 4.10. The molecule has 21 heavy (non-hydrogen) atoms. The molecule has 2 aromatic carbocycles. The smallest absolute Gasteiger partial charge is 0.250 e. The van der Waals surface area contributed by atoms with Crippen LogP contribution in [0.15, 0.2) is 42.5 Å². The average molecular weight is 309 g/mol. The van der Waals surface area contributed by atoms with Crippen molar-refractivity contribution >= 4 is 23.2 Å². The summed E-state index contributed by atoms with van der Waals surface area (Å²) in [5, 5.41) is 3.43. The van der Waals surface area contributed by atoms with Crippen molar-refractivity contribution in [1.29, 1.82) is 0 Å². The maximum absolute atomic E-state index is 13.3. The fraction of sp³-hybridized carbons (Fsp3) is 0.133. The molecule has 0 atom stereocenters. The molecular formula is C15H14ClFN2O2. The van der Waals surface area contributed by atoms with Gasteiger partial charge in [0.05, 0.1) is 5.56 Å². The molecule has 4 nitrogen and oxygen atoms in total. The molecule has 0 unspecified atom stereocenters. The van der Waals surface area contributed by atoms with E-state index >= 15 is 0 Å². The second kappa shape index (κ2) is 6.95. The summed E-state index contributed by atoms with van der Waals surface area (Å²) in [7, 11) is 0. The lowest BCUT2D eigenvalue weighted by molar-refractivity contribution is 0.100. The summed E-state index contributed by atoms with van der Waals surface area (Å²) in [5.74, 6) is -0.803. The van der Waals surface area contributed by atoms with Gasteiger partial charge in [0.1, 0.15) is 6.61 Å². The second-order valence-corrected chi connectivity index (χ2v) is 4.70. The molecule has 0 aliphatic rings. The number of rotatable bonds is 6. The van der Waals surface area contributed by atoms with Crippen LogP contribution >= 0.6 is 11.6 Å².